The summed E-state index contributed by atoms with van der Waals surface area (Å²) < 4.78 is 0. The number of rotatable bonds is 7. The monoisotopic (exact) mass is 339 g/mol. The van der Waals surface area contributed by atoms with Crippen LogP contribution in [0.15, 0.2) is 36.8 Å². The normalized spacial score (nSPS) is 10.8. The van der Waals surface area contributed by atoms with E-state index in [-0.39, 0.29) is 23.2 Å². The van der Waals surface area contributed by atoms with Crippen molar-refractivity contribution in [1.29, 1.82) is 0 Å². The van der Waals surface area contributed by atoms with Crippen molar-refractivity contribution in [3.63, 3.8) is 0 Å². The maximum Gasteiger partial charge on any atom is 0.272 e. The van der Waals surface area contributed by atoms with E-state index in [1.54, 1.807) is 0 Å². The van der Waals surface area contributed by atoms with E-state index < -0.39 is 0 Å². The van der Waals surface area contributed by atoms with Gasteiger partial charge in [-0.1, -0.05) is 25.1 Å². The number of H-pyrrole nitrogens is 2. The predicted octanol–water partition coefficient (Wildman–Crippen LogP) is 2.00. The number of hydrogen-bond donors (Lipinski definition) is 4. The van der Waals surface area contributed by atoms with Crippen molar-refractivity contribution in [3.05, 3.63) is 53.7 Å². The Balaban J connectivity index is 1.60. The molecule has 2 amide bonds. The number of aromatic nitrogens is 3. The van der Waals surface area contributed by atoms with Gasteiger partial charge >= 0.3 is 0 Å². The van der Waals surface area contributed by atoms with Gasteiger partial charge in [-0.25, -0.2) is 4.98 Å². The molecule has 2 aromatic heterocycles. The Morgan fingerprint density at radius 1 is 1.08 bits per heavy atom. The van der Waals surface area contributed by atoms with E-state index in [0.29, 0.717) is 19.5 Å². The van der Waals surface area contributed by atoms with E-state index in [0.717, 1.165) is 22.9 Å². The molecule has 4 N–H and O–H groups in total. The molecule has 0 unspecified atom stereocenters. The zero-order valence-corrected chi connectivity index (χ0v) is 14.1. The number of para-hydroxylation sites is 1. The molecule has 0 radical (unpaired) electrons. The van der Waals surface area contributed by atoms with Gasteiger partial charge < -0.3 is 20.6 Å². The number of amides is 2. The Morgan fingerprint density at radius 3 is 2.72 bits per heavy atom. The molecule has 2 heterocycles. The van der Waals surface area contributed by atoms with Crippen molar-refractivity contribution in [2.45, 2.75) is 19.8 Å². The second kappa shape index (κ2) is 7.65. The Hall–Kier alpha value is -3.09. The number of nitrogens with zero attached hydrogens (tertiary/aromatic N) is 1. The first-order valence-corrected chi connectivity index (χ1v) is 8.35. The number of imidazole rings is 1. The van der Waals surface area contributed by atoms with Crippen LogP contribution in [0.1, 0.15) is 39.9 Å². The summed E-state index contributed by atoms with van der Waals surface area (Å²) in [6.45, 7) is 2.98. The van der Waals surface area contributed by atoms with E-state index in [9.17, 15) is 9.59 Å². The van der Waals surface area contributed by atoms with Crippen LogP contribution in [0.2, 0.25) is 0 Å². The Labute approximate surface area is 145 Å². The number of hydrogen-bond acceptors (Lipinski definition) is 3. The molecule has 0 atom stereocenters. The van der Waals surface area contributed by atoms with E-state index in [1.165, 1.54) is 6.33 Å². The number of benzene rings is 1. The molecule has 7 nitrogen and oxygen atoms in total. The number of carbonyl (C=O) groups is 2. The first-order chi connectivity index (χ1) is 12.2. The van der Waals surface area contributed by atoms with Crippen molar-refractivity contribution in [1.82, 2.24) is 25.6 Å². The van der Waals surface area contributed by atoms with Gasteiger partial charge in [-0.15, -0.1) is 0 Å². The van der Waals surface area contributed by atoms with E-state index in [4.69, 9.17) is 0 Å². The minimum atomic E-state index is -0.359. The Morgan fingerprint density at radius 2 is 1.88 bits per heavy atom. The minimum Gasteiger partial charge on any atom is -0.361 e. The highest BCUT2D eigenvalue weighted by Gasteiger charge is 2.19. The summed E-state index contributed by atoms with van der Waals surface area (Å²) in [5, 5.41) is 6.71. The van der Waals surface area contributed by atoms with Gasteiger partial charge in [0.25, 0.3) is 11.8 Å². The van der Waals surface area contributed by atoms with Gasteiger partial charge in [0.15, 0.2) is 5.69 Å². The second-order valence-electron chi connectivity index (χ2n) is 5.75. The molecular formula is C18H21N5O2. The summed E-state index contributed by atoms with van der Waals surface area (Å²) in [4.78, 5) is 34.3. The summed E-state index contributed by atoms with van der Waals surface area (Å²) in [6.07, 6.45) is 4.83. The fourth-order valence-corrected chi connectivity index (χ4v) is 2.70. The van der Waals surface area contributed by atoms with Crippen molar-refractivity contribution < 1.29 is 9.59 Å². The van der Waals surface area contributed by atoms with Crippen LogP contribution in [0.5, 0.6) is 0 Å². The van der Waals surface area contributed by atoms with Crippen LogP contribution in [0, 0.1) is 0 Å². The molecule has 3 aromatic rings. The summed E-state index contributed by atoms with van der Waals surface area (Å²) in [5.74, 6) is -0.677. The van der Waals surface area contributed by atoms with Crippen LogP contribution < -0.4 is 10.6 Å². The third kappa shape index (κ3) is 3.71. The van der Waals surface area contributed by atoms with Crippen LogP contribution in [-0.2, 0) is 6.42 Å². The quantitative estimate of drug-likeness (QED) is 0.529. The van der Waals surface area contributed by atoms with E-state index in [1.807, 2.05) is 37.4 Å². The summed E-state index contributed by atoms with van der Waals surface area (Å²) >= 11 is 0. The third-order valence-electron chi connectivity index (χ3n) is 3.97. The first-order valence-electron chi connectivity index (χ1n) is 8.35. The van der Waals surface area contributed by atoms with Gasteiger partial charge in [0.1, 0.15) is 5.69 Å². The molecule has 25 heavy (non-hydrogen) atoms. The molecule has 0 spiro atoms. The van der Waals surface area contributed by atoms with E-state index in [2.05, 4.69) is 25.6 Å². The molecule has 0 saturated heterocycles. The number of aromatic amines is 2. The van der Waals surface area contributed by atoms with Gasteiger partial charge in [0, 0.05) is 30.2 Å². The lowest BCUT2D eigenvalue weighted by molar-refractivity contribution is 0.0914. The first kappa shape index (κ1) is 16.8. The van der Waals surface area contributed by atoms with Crippen LogP contribution in [-0.4, -0.2) is 39.9 Å². The number of nitrogens with one attached hydrogen (secondary N) is 4. The SMILES string of the molecule is CCCNC(=O)c1[nH]cnc1C(=O)NCCc1c[nH]c2ccccc12. The average molecular weight is 339 g/mol. The number of fused-ring (bicyclic) bond motifs is 1. The highest BCUT2D eigenvalue weighted by molar-refractivity contribution is 6.04. The van der Waals surface area contributed by atoms with Crippen LogP contribution in [0.25, 0.3) is 10.9 Å². The maximum atomic E-state index is 12.3. The van der Waals surface area contributed by atoms with Crippen LogP contribution in [0.3, 0.4) is 0 Å². The molecule has 1 aromatic carbocycles. The fourth-order valence-electron chi connectivity index (χ4n) is 2.70. The largest absolute Gasteiger partial charge is 0.361 e. The van der Waals surface area contributed by atoms with E-state index >= 15 is 0 Å². The minimum absolute atomic E-state index is 0.118. The van der Waals surface area contributed by atoms with Crippen molar-refractivity contribution >= 4 is 22.7 Å². The molecule has 0 aliphatic carbocycles. The topological polar surface area (TPSA) is 103 Å². The second-order valence-corrected chi connectivity index (χ2v) is 5.75. The molecule has 0 fully saturated rings. The molecule has 0 aliphatic rings. The molecule has 0 saturated carbocycles. The lowest BCUT2D eigenvalue weighted by Gasteiger charge is -2.06. The zero-order chi connectivity index (χ0) is 17.6. The summed E-state index contributed by atoms with van der Waals surface area (Å²) in [6, 6.07) is 8.03. The fraction of sp³-hybridized carbons (Fsp3) is 0.278. The average Bonchev–Trinajstić information content (AvgIpc) is 3.27. The molecule has 130 valence electrons. The Kier molecular flexibility index (Phi) is 5.13. The van der Waals surface area contributed by atoms with Gasteiger partial charge in [0.05, 0.1) is 6.33 Å². The van der Waals surface area contributed by atoms with Crippen molar-refractivity contribution in [3.8, 4) is 0 Å². The standard InChI is InChI=1S/C18H21N5O2/c1-2-8-19-17(24)15-16(23-11-22-15)18(25)20-9-7-12-10-21-14-6-4-3-5-13(12)14/h3-6,10-11,21H,2,7-9H2,1H3,(H,19,24)(H,20,25)(H,22,23). The lowest BCUT2D eigenvalue weighted by Crippen LogP contribution is -2.31. The van der Waals surface area contributed by atoms with Crippen molar-refractivity contribution in [2.24, 2.45) is 0 Å². The lowest BCUT2D eigenvalue weighted by atomic mass is 10.1. The summed E-state index contributed by atoms with van der Waals surface area (Å²) in [5.41, 5.74) is 2.52. The molecule has 3 rings (SSSR count). The molecule has 0 bridgehead atoms. The molecule has 0 aliphatic heterocycles. The number of carbonyl (C=O) groups excluding carboxylic acids is 2. The van der Waals surface area contributed by atoms with Crippen molar-refractivity contribution in [2.75, 3.05) is 13.1 Å². The van der Waals surface area contributed by atoms with Crippen LogP contribution >= 0.6 is 0 Å². The summed E-state index contributed by atoms with van der Waals surface area (Å²) in [7, 11) is 0. The smallest absolute Gasteiger partial charge is 0.272 e. The highest BCUT2D eigenvalue weighted by atomic mass is 16.2. The Bertz CT molecular complexity index is 880. The van der Waals surface area contributed by atoms with Crippen LogP contribution in [0.4, 0.5) is 0 Å². The van der Waals surface area contributed by atoms with Gasteiger partial charge in [0.2, 0.25) is 0 Å². The molecular weight excluding hydrogens is 318 g/mol. The van der Waals surface area contributed by atoms with Gasteiger partial charge in [-0.3, -0.25) is 9.59 Å². The predicted molar refractivity (Wildman–Crippen MR) is 95.5 cm³/mol. The third-order valence-corrected chi connectivity index (χ3v) is 3.97. The zero-order valence-electron chi connectivity index (χ0n) is 14.1. The maximum absolute atomic E-state index is 12.3. The van der Waals surface area contributed by atoms with Gasteiger partial charge in [-0.2, -0.15) is 0 Å². The molecule has 7 heteroatoms. The highest BCUT2D eigenvalue weighted by Crippen LogP contribution is 2.17. The van der Waals surface area contributed by atoms with Gasteiger partial charge in [-0.05, 0) is 24.5 Å².